The topological polar surface area (TPSA) is 83.4 Å². The van der Waals surface area contributed by atoms with Crippen molar-refractivity contribution in [1.82, 2.24) is 14.5 Å². The van der Waals surface area contributed by atoms with Gasteiger partial charge in [0, 0.05) is 11.4 Å². The summed E-state index contributed by atoms with van der Waals surface area (Å²) >= 11 is 2.57. The van der Waals surface area contributed by atoms with Gasteiger partial charge in [-0.25, -0.2) is 4.79 Å². The summed E-state index contributed by atoms with van der Waals surface area (Å²) in [4.78, 5) is 27.2. The maximum atomic E-state index is 12.7. The molecular formula is C13H13N3O3S2. The fraction of sp³-hybridized carbons (Fsp3) is 0.385. The molecule has 1 unspecified atom stereocenters. The number of fused-ring (bicyclic) bond motifs is 1. The van der Waals surface area contributed by atoms with Crippen LogP contribution in [0.15, 0.2) is 11.4 Å². The van der Waals surface area contributed by atoms with Gasteiger partial charge in [-0.05, 0) is 41.4 Å². The molecule has 0 saturated carbocycles. The van der Waals surface area contributed by atoms with Gasteiger partial charge in [-0.15, -0.1) is 16.4 Å². The number of aromatic nitrogens is 2. The van der Waals surface area contributed by atoms with Crippen LogP contribution < -0.4 is 0 Å². The lowest BCUT2D eigenvalue weighted by Crippen LogP contribution is -2.43. The Kier molecular flexibility index (Phi) is 3.73. The Morgan fingerprint density at radius 1 is 1.52 bits per heavy atom. The third kappa shape index (κ3) is 2.34. The molecule has 0 saturated heterocycles. The molecule has 0 radical (unpaired) electrons. The molecule has 1 amide bonds. The quantitative estimate of drug-likeness (QED) is 0.934. The third-order valence-electron chi connectivity index (χ3n) is 3.55. The first kappa shape index (κ1) is 14.2. The van der Waals surface area contributed by atoms with Crippen LogP contribution in [-0.2, 0) is 17.6 Å². The summed E-state index contributed by atoms with van der Waals surface area (Å²) in [6, 6.07) is 0.878. The van der Waals surface area contributed by atoms with E-state index in [1.54, 1.807) is 17.4 Å². The number of amides is 1. The molecule has 8 heteroatoms. The van der Waals surface area contributed by atoms with Crippen molar-refractivity contribution in [2.24, 2.45) is 0 Å². The lowest BCUT2D eigenvalue weighted by Gasteiger charge is -2.32. The molecule has 3 heterocycles. The molecular weight excluding hydrogens is 310 g/mol. The predicted molar refractivity (Wildman–Crippen MR) is 78.7 cm³/mol. The fourth-order valence-corrected chi connectivity index (χ4v) is 4.14. The number of aryl methyl sites for hydroxylation is 1. The second-order valence-corrected chi connectivity index (χ2v) is 6.45. The summed E-state index contributed by atoms with van der Waals surface area (Å²) in [5.41, 5.74) is 1.35. The minimum Gasteiger partial charge on any atom is -0.479 e. The van der Waals surface area contributed by atoms with Gasteiger partial charge in [0.1, 0.15) is 4.88 Å². The molecule has 0 spiro atoms. The Bertz CT molecular complexity index is 694. The molecule has 0 bridgehead atoms. The highest BCUT2D eigenvalue weighted by atomic mass is 32.1. The van der Waals surface area contributed by atoms with E-state index in [4.69, 9.17) is 0 Å². The van der Waals surface area contributed by atoms with Crippen LogP contribution >= 0.6 is 22.9 Å². The van der Waals surface area contributed by atoms with Crippen molar-refractivity contribution >= 4 is 34.7 Å². The number of hydrogen-bond donors (Lipinski definition) is 1. The van der Waals surface area contributed by atoms with Crippen molar-refractivity contribution in [2.75, 3.05) is 6.54 Å². The molecule has 6 nitrogen and oxygen atoms in total. The van der Waals surface area contributed by atoms with E-state index >= 15 is 0 Å². The van der Waals surface area contributed by atoms with Gasteiger partial charge < -0.3 is 10.0 Å². The molecule has 1 atom stereocenters. The Morgan fingerprint density at radius 3 is 3.05 bits per heavy atom. The molecule has 2 aromatic heterocycles. The molecule has 0 aromatic carbocycles. The van der Waals surface area contributed by atoms with Crippen LogP contribution in [0, 0.1) is 0 Å². The zero-order chi connectivity index (χ0) is 15.0. The van der Waals surface area contributed by atoms with Gasteiger partial charge in [0.25, 0.3) is 5.91 Å². The first-order valence-electron chi connectivity index (χ1n) is 6.54. The first-order valence-corrected chi connectivity index (χ1v) is 8.20. The zero-order valence-corrected chi connectivity index (χ0v) is 12.9. The van der Waals surface area contributed by atoms with E-state index in [0.717, 1.165) is 22.0 Å². The number of rotatable bonds is 3. The molecule has 110 valence electrons. The number of carbonyl (C=O) groups excluding carboxylic acids is 1. The second kappa shape index (κ2) is 5.53. The van der Waals surface area contributed by atoms with E-state index in [0.29, 0.717) is 30.0 Å². The maximum absolute atomic E-state index is 12.7. The smallest absolute Gasteiger partial charge is 0.331 e. The van der Waals surface area contributed by atoms with Crippen molar-refractivity contribution in [3.63, 3.8) is 0 Å². The van der Waals surface area contributed by atoms with E-state index < -0.39 is 12.0 Å². The number of nitrogens with zero attached hydrogens (tertiary/aromatic N) is 3. The molecule has 0 fully saturated rings. The van der Waals surface area contributed by atoms with Gasteiger partial charge in [-0.1, -0.05) is 11.4 Å². The number of hydrogen-bond acceptors (Lipinski definition) is 6. The number of carboxylic acid groups (broad SMARTS) is 1. The number of aliphatic carboxylic acids is 1. The van der Waals surface area contributed by atoms with Crippen molar-refractivity contribution < 1.29 is 14.7 Å². The largest absolute Gasteiger partial charge is 0.479 e. The third-order valence-corrected chi connectivity index (χ3v) is 5.30. The van der Waals surface area contributed by atoms with Gasteiger partial charge >= 0.3 is 5.97 Å². The highest BCUT2D eigenvalue weighted by Gasteiger charge is 2.38. The number of carboxylic acids is 1. The van der Waals surface area contributed by atoms with Crippen LogP contribution in [-0.4, -0.2) is 38.0 Å². The Hall–Kier alpha value is -1.80. The monoisotopic (exact) mass is 323 g/mol. The standard InChI is InChI=1S/C13H13N3O3S2/c1-2-8-11(21-15-14-8)12(17)16-5-3-9-7(4-6-20-9)10(16)13(18)19/h4,6,10H,2-3,5H2,1H3,(H,18,19). The normalized spacial score (nSPS) is 17.6. The van der Waals surface area contributed by atoms with Crippen molar-refractivity contribution in [1.29, 1.82) is 0 Å². The lowest BCUT2D eigenvalue weighted by atomic mass is 9.99. The molecule has 3 rings (SSSR count). The highest BCUT2D eigenvalue weighted by Crippen LogP contribution is 2.34. The van der Waals surface area contributed by atoms with E-state index in [9.17, 15) is 14.7 Å². The first-order chi connectivity index (χ1) is 10.1. The van der Waals surface area contributed by atoms with Crippen molar-refractivity contribution in [3.8, 4) is 0 Å². The molecule has 2 aromatic rings. The summed E-state index contributed by atoms with van der Waals surface area (Å²) in [7, 11) is 0. The van der Waals surface area contributed by atoms with Gasteiger partial charge in [0.05, 0.1) is 5.69 Å². The summed E-state index contributed by atoms with van der Waals surface area (Å²) in [5.74, 6) is -1.29. The van der Waals surface area contributed by atoms with Crippen LogP contribution in [0.5, 0.6) is 0 Å². The van der Waals surface area contributed by atoms with E-state index in [-0.39, 0.29) is 5.91 Å². The van der Waals surface area contributed by atoms with Crippen LogP contribution in [0.1, 0.15) is 38.8 Å². The summed E-state index contributed by atoms with van der Waals surface area (Å²) in [6.07, 6.45) is 1.29. The van der Waals surface area contributed by atoms with E-state index in [1.807, 2.05) is 12.3 Å². The lowest BCUT2D eigenvalue weighted by molar-refractivity contribution is -0.142. The Balaban J connectivity index is 1.98. The average Bonchev–Trinajstić information content (AvgIpc) is 3.13. The highest BCUT2D eigenvalue weighted by molar-refractivity contribution is 7.10. The van der Waals surface area contributed by atoms with Crippen LogP contribution in [0.25, 0.3) is 0 Å². The molecule has 0 aliphatic carbocycles. The summed E-state index contributed by atoms with van der Waals surface area (Å²) in [6.45, 7) is 2.31. The van der Waals surface area contributed by atoms with Gasteiger partial charge in [0.2, 0.25) is 0 Å². The zero-order valence-electron chi connectivity index (χ0n) is 11.3. The second-order valence-electron chi connectivity index (χ2n) is 4.69. The van der Waals surface area contributed by atoms with Crippen LogP contribution in [0.3, 0.4) is 0 Å². The van der Waals surface area contributed by atoms with E-state index in [1.165, 1.54) is 4.90 Å². The van der Waals surface area contributed by atoms with Gasteiger partial charge in [-0.3, -0.25) is 4.79 Å². The van der Waals surface area contributed by atoms with Crippen molar-refractivity contribution in [2.45, 2.75) is 25.8 Å². The van der Waals surface area contributed by atoms with Gasteiger partial charge in [-0.2, -0.15) is 0 Å². The molecule has 1 aliphatic heterocycles. The average molecular weight is 323 g/mol. The Morgan fingerprint density at radius 2 is 2.33 bits per heavy atom. The molecule has 1 N–H and O–H groups in total. The summed E-state index contributed by atoms with van der Waals surface area (Å²) in [5, 5.41) is 15.3. The predicted octanol–water partition coefficient (Wildman–Crippen LogP) is 1.99. The summed E-state index contributed by atoms with van der Waals surface area (Å²) < 4.78 is 3.81. The minimum absolute atomic E-state index is 0.286. The SMILES string of the molecule is CCc1nnsc1C(=O)N1CCc2sccc2C1C(=O)O. The Labute approximate surface area is 129 Å². The van der Waals surface area contributed by atoms with Crippen LogP contribution in [0.4, 0.5) is 0 Å². The molecule has 21 heavy (non-hydrogen) atoms. The molecule has 1 aliphatic rings. The number of thiophene rings is 1. The van der Waals surface area contributed by atoms with E-state index in [2.05, 4.69) is 9.59 Å². The minimum atomic E-state index is -1.00. The van der Waals surface area contributed by atoms with Crippen LogP contribution in [0.2, 0.25) is 0 Å². The fourth-order valence-electron chi connectivity index (χ4n) is 2.53. The van der Waals surface area contributed by atoms with Gasteiger partial charge in [0.15, 0.2) is 6.04 Å². The van der Waals surface area contributed by atoms with Crippen molar-refractivity contribution in [3.05, 3.63) is 32.5 Å². The maximum Gasteiger partial charge on any atom is 0.331 e. The number of carbonyl (C=O) groups is 2.